The molecule has 0 spiro atoms. The highest BCUT2D eigenvalue weighted by atomic mass is 16.5. The smallest absolute Gasteiger partial charge is 0.0565 e. The number of rotatable bonds is 7. The summed E-state index contributed by atoms with van der Waals surface area (Å²) in [6, 6.07) is 10.4. The van der Waals surface area contributed by atoms with E-state index < -0.39 is 0 Å². The summed E-state index contributed by atoms with van der Waals surface area (Å²) in [5.41, 5.74) is 1.27. The molecule has 0 heterocycles. The summed E-state index contributed by atoms with van der Waals surface area (Å²) in [6.07, 6.45) is 5.71. The molecule has 86 valence electrons. The van der Waals surface area contributed by atoms with E-state index in [9.17, 15) is 0 Å². The molecule has 0 radical (unpaired) electrons. The van der Waals surface area contributed by atoms with E-state index in [4.69, 9.17) is 4.74 Å². The fraction of sp³-hybridized carbons (Fsp3) is 0.333. The Morgan fingerprint density at radius 2 is 1.69 bits per heavy atom. The van der Waals surface area contributed by atoms with Crippen LogP contribution in [-0.2, 0) is 10.2 Å². The Labute approximate surface area is 98.5 Å². The SMILES string of the molecule is C=CCC(CC=C)(COC)c1ccccc1. The Hall–Kier alpha value is -1.34. The van der Waals surface area contributed by atoms with Crippen molar-refractivity contribution in [2.75, 3.05) is 13.7 Å². The van der Waals surface area contributed by atoms with Crippen LogP contribution in [0.4, 0.5) is 0 Å². The molecule has 0 atom stereocenters. The molecule has 16 heavy (non-hydrogen) atoms. The highest BCUT2D eigenvalue weighted by Gasteiger charge is 2.29. The summed E-state index contributed by atoms with van der Waals surface area (Å²) in [6.45, 7) is 8.38. The largest absolute Gasteiger partial charge is 0.384 e. The second-order valence-electron chi connectivity index (χ2n) is 4.06. The van der Waals surface area contributed by atoms with Crippen molar-refractivity contribution in [1.29, 1.82) is 0 Å². The summed E-state index contributed by atoms with van der Waals surface area (Å²) in [5, 5.41) is 0. The Morgan fingerprint density at radius 3 is 2.12 bits per heavy atom. The molecule has 0 aromatic heterocycles. The van der Waals surface area contributed by atoms with Gasteiger partial charge in [-0.2, -0.15) is 0 Å². The fourth-order valence-corrected chi connectivity index (χ4v) is 2.14. The first-order valence-corrected chi connectivity index (χ1v) is 5.55. The van der Waals surface area contributed by atoms with Gasteiger partial charge >= 0.3 is 0 Å². The third kappa shape index (κ3) is 2.83. The lowest BCUT2D eigenvalue weighted by molar-refractivity contribution is 0.131. The van der Waals surface area contributed by atoms with Gasteiger partial charge in [0.15, 0.2) is 0 Å². The van der Waals surface area contributed by atoms with E-state index in [1.807, 2.05) is 18.2 Å². The second-order valence-corrected chi connectivity index (χ2v) is 4.06. The summed E-state index contributed by atoms with van der Waals surface area (Å²) in [5.74, 6) is 0. The van der Waals surface area contributed by atoms with Crippen molar-refractivity contribution in [3.8, 4) is 0 Å². The molecule has 1 nitrogen and oxygen atoms in total. The topological polar surface area (TPSA) is 9.23 Å². The summed E-state index contributed by atoms with van der Waals surface area (Å²) in [7, 11) is 1.74. The van der Waals surface area contributed by atoms with Gasteiger partial charge in [-0.3, -0.25) is 0 Å². The molecule has 1 rings (SSSR count). The van der Waals surface area contributed by atoms with Gasteiger partial charge in [0.25, 0.3) is 0 Å². The Kier molecular flexibility index (Phi) is 5.00. The third-order valence-electron chi connectivity index (χ3n) is 2.88. The molecule has 0 aliphatic carbocycles. The molecule has 1 aromatic rings. The van der Waals surface area contributed by atoms with E-state index in [1.54, 1.807) is 7.11 Å². The summed E-state index contributed by atoms with van der Waals surface area (Å²) < 4.78 is 5.37. The van der Waals surface area contributed by atoms with Crippen LogP contribution in [0.15, 0.2) is 55.6 Å². The highest BCUT2D eigenvalue weighted by molar-refractivity contribution is 5.27. The zero-order valence-electron chi connectivity index (χ0n) is 9.99. The average Bonchev–Trinajstić information content (AvgIpc) is 2.31. The van der Waals surface area contributed by atoms with Crippen molar-refractivity contribution in [2.24, 2.45) is 0 Å². The predicted octanol–water partition coefficient (Wildman–Crippen LogP) is 3.72. The minimum Gasteiger partial charge on any atom is -0.384 e. The van der Waals surface area contributed by atoms with Gasteiger partial charge in [-0.1, -0.05) is 42.5 Å². The van der Waals surface area contributed by atoms with Crippen LogP contribution < -0.4 is 0 Å². The van der Waals surface area contributed by atoms with Crippen molar-refractivity contribution in [1.82, 2.24) is 0 Å². The van der Waals surface area contributed by atoms with E-state index in [-0.39, 0.29) is 5.41 Å². The van der Waals surface area contributed by atoms with Gasteiger partial charge in [0.1, 0.15) is 0 Å². The second kappa shape index (κ2) is 6.29. The van der Waals surface area contributed by atoms with E-state index >= 15 is 0 Å². The van der Waals surface area contributed by atoms with Gasteiger partial charge in [-0.15, -0.1) is 13.2 Å². The van der Waals surface area contributed by atoms with Gasteiger partial charge in [0.2, 0.25) is 0 Å². The minimum atomic E-state index is -0.0144. The molecule has 0 amide bonds. The number of hydrogen-bond donors (Lipinski definition) is 0. The summed E-state index contributed by atoms with van der Waals surface area (Å²) in [4.78, 5) is 0. The molecular weight excluding hydrogens is 196 g/mol. The van der Waals surface area contributed by atoms with Crippen molar-refractivity contribution in [3.05, 3.63) is 61.2 Å². The maximum Gasteiger partial charge on any atom is 0.0565 e. The predicted molar refractivity (Wildman–Crippen MR) is 69.6 cm³/mol. The number of ether oxygens (including phenoxy) is 1. The lowest BCUT2D eigenvalue weighted by Gasteiger charge is -2.31. The Bertz CT molecular complexity index is 317. The van der Waals surface area contributed by atoms with Crippen LogP contribution in [0.5, 0.6) is 0 Å². The van der Waals surface area contributed by atoms with Crippen LogP contribution in [-0.4, -0.2) is 13.7 Å². The van der Waals surface area contributed by atoms with Gasteiger partial charge in [0.05, 0.1) is 6.61 Å². The highest BCUT2D eigenvalue weighted by Crippen LogP contribution is 2.32. The maximum atomic E-state index is 5.37. The van der Waals surface area contributed by atoms with Gasteiger partial charge < -0.3 is 4.74 Å². The van der Waals surface area contributed by atoms with Gasteiger partial charge in [-0.05, 0) is 18.4 Å². The van der Waals surface area contributed by atoms with Crippen LogP contribution in [0.2, 0.25) is 0 Å². The molecule has 1 heteroatoms. The lowest BCUT2D eigenvalue weighted by atomic mass is 9.75. The average molecular weight is 216 g/mol. The zero-order chi connectivity index (χ0) is 11.9. The number of hydrogen-bond acceptors (Lipinski definition) is 1. The summed E-state index contributed by atoms with van der Waals surface area (Å²) >= 11 is 0. The zero-order valence-corrected chi connectivity index (χ0v) is 9.99. The van der Waals surface area contributed by atoms with Crippen LogP contribution in [0, 0.1) is 0 Å². The minimum absolute atomic E-state index is 0.0144. The molecule has 0 aliphatic heterocycles. The lowest BCUT2D eigenvalue weighted by Crippen LogP contribution is -2.30. The van der Waals surface area contributed by atoms with Gasteiger partial charge in [0, 0.05) is 12.5 Å². The molecule has 0 bridgehead atoms. The standard InChI is InChI=1S/C15H20O/c1-4-11-15(12-5-2,13-16-3)14-9-7-6-8-10-14/h4-10H,1-2,11-13H2,3H3. The number of benzene rings is 1. The van der Waals surface area contributed by atoms with Gasteiger partial charge in [-0.25, -0.2) is 0 Å². The monoisotopic (exact) mass is 216 g/mol. The van der Waals surface area contributed by atoms with Crippen LogP contribution in [0.3, 0.4) is 0 Å². The third-order valence-corrected chi connectivity index (χ3v) is 2.88. The molecule has 0 unspecified atom stereocenters. The fourth-order valence-electron chi connectivity index (χ4n) is 2.14. The Balaban J connectivity index is 3.08. The molecule has 0 aliphatic rings. The van der Waals surface area contributed by atoms with Crippen LogP contribution in [0.25, 0.3) is 0 Å². The first-order chi connectivity index (χ1) is 7.79. The number of allylic oxidation sites excluding steroid dienone is 2. The number of methoxy groups -OCH3 is 1. The van der Waals surface area contributed by atoms with E-state index in [0.717, 1.165) is 12.8 Å². The van der Waals surface area contributed by atoms with Crippen molar-refractivity contribution >= 4 is 0 Å². The first-order valence-electron chi connectivity index (χ1n) is 5.55. The molecule has 0 N–H and O–H groups in total. The normalized spacial score (nSPS) is 11.1. The maximum absolute atomic E-state index is 5.37. The molecule has 0 fully saturated rings. The molecule has 1 aromatic carbocycles. The van der Waals surface area contributed by atoms with E-state index in [1.165, 1.54) is 5.56 Å². The van der Waals surface area contributed by atoms with Crippen molar-refractivity contribution in [3.63, 3.8) is 0 Å². The van der Waals surface area contributed by atoms with E-state index in [2.05, 4.69) is 37.4 Å². The molecular formula is C15H20O. The van der Waals surface area contributed by atoms with E-state index in [0.29, 0.717) is 6.61 Å². The van der Waals surface area contributed by atoms with Crippen molar-refractivity contribution < 1.29 is 4.74 Å². The Morgan fingerprint density at radius 1 is 1.12 bits per heavy atom. The van der Waals surface area contributed by atoms with Crippen LogP contribution in [0.1, 0.15) is 18.4 Å². The molecule has 0 saturated carbocycles. The quantitative estimate of drug-likeness (QED) is 0.631. The van der Waals surface area contributed by atoms with Crippen LogP contribution >= 0.6 is 0 Å². The first kappa shape index (κ1) is 12.7. The molecule has 0 saturated heterocycles. The van der Waals surface area contributed by atoms with Crippen molar-refractivity contribution in [2.45, 2.75) is 18.3 Å².